The number of rotatable bonds is 3. The zero-order valence-corrected chi connectivity index (χ0v) is 9.32. The van der Waals surface area contributed by atoms with Crippen LogP contribution in [0.25, 0.3) is 11.5 Å². The lowest BCUT2D eigenvalue weighted by molar-refractivity contribution is -0.384. The highest BCUT2D eigenvalue weighted by atomic mass is 35.5. The summed E-state index contributed by atoms with van der Waals surface area (Å²) in [5.74, 6) is -2.95. The molecular weight excluding hydrogens is 272 g/mol. The molecule has 0 fully saturated rings. The predicted molar refractivity (Wildman–Crippen MR) is 55.9 cm³/mol. The maximum absolute atomic E-state index is 13.1. The molecule has 0 aliphatic carbocycles. The number of halogens is 3. The van der Waals surface area contributed by atoms with E-state index in [1.165, 1.54) is 0 Å². The summed E-state index contributed by atoms with van der Waals surface area (Å²) in [5.41, 5.74) is -0.971. The maximum Gasteiger partial charge on any atom is 0.285 e. The lowest BCUT2D eigenvalue weighted by atomic mass is 10.1. The van der Waals surface area contributed by atoms with Gasteiger partial charge in [0.15, 0.2) is 11.6 Å². The van der Waals surface area contributed by atoms with E-state index in [2.05, 4.69) is 10.2 Å². The van der Waals surface area contributed by atoms with E-state index in [1.54, 1.807) is 0 Å². The highest BCUT2D eigenvalue weighted by Crippen LogP contribution is 2.31. The first-order chi connectivity index (χ1) is 8.52. The lowest BCUT2D eigenvalue weighted by Crippen LogP contribution is -1.96. The van der Waals surface area contributed by atoms with E-state index in [0.29, 0.717) is 12.1 Å². The molecule has 0 bridgehead atoms. The molecule has 18 heavy (non-hydrogen) atoms. The van der Waals surface area contributed by atoms with Gasteiger partial charge in [-0.05, 0) is 6.07 Å². The van der Waals surface area contributed by atoms with Crippen LogP contribution in [-0.2, 0) is 5.88 Å². The smallest absolute Gasteiger partial charge is 0.285 e. The normalized spacial score (nSPS) is 10.6. The van der Waals surface area contributed by atoms with Crippen molar-refractivity contribution in [2.45, 2.75) is 5.88 Å². The average molecular weight is 276 g/mol. The Kier molecular flexibility index (Phi) is 3.19. The minimum absolute atomic E-state index is 0.0192. The number of alkyl halides is 1. The van der Waals surface area contributed by atoms with Gasteiger partial charge in [-0.3, -0.25) is 10.1 Å². The summed E-state index contributed by atoms with van der Waals surface area (Å²) >= 11 is 5.42. The quantitative estimate of drug-likeness (QED) is 0.488. The van der Waals surface area contributed by atoms with Gasteiger partial charge in [-0.2, -0.15) is 0 Å². The van der Waals surface area contributed by atoms with Crippen molar-refractivity contribution in [2.24, 2.45) is 0 Å². The van der Waals surface area contributed by atoms with Crippen LogP contribution in [0.5, 0.6) is 0 Å². The van der Waals surface area contributed by atoms with E-state index >= 15 is 0 Å². The molecule has 0 radical (unpaired) electrons. The highest BCUT2D eigenvalue weighted by Gasteiger charge is 2.23. The first-order valence-electron chi connectivity index (χ1n) is 4.55. The van der Waals surface area contributed by atoms with E-state index in [0.717, 1.165) is 0 Å². The van der Waals surface area contributed by atoms with Crippen molar-refractivity contribution in [3.8, 4) is 11.5 Å². The van der Waals surface area contributed by atoms with Crippen LogP contribution in [0.1, 0.15) is 5.89 Å². The summed E-state index contributed by atoms with van der Waals surface area (Å²) in [6.45, 7) is 0. The monoisotopic (exact) mass is 275 g/mol. The second-order valence-electron chi connectivity index (χ2n) is 3.18. The van der Waals surface area contributed by atoms with E-state index < -0.39 is 22.2 Å². The molecule has 0 aliphatic heterocycles. The number of hydrogen-bond acceptors (Lipinski definition) is 5. The van der Waals surface area contributed by atoms with Gasteiger partial charge < -0.3 is 4.42 Å². The Labute approximate surface area is 103 Å². The summed E-state index contributed by atoms with van der Waals surface area (Å²) in [4.78, 5) is 9.86. The van der Waals surface area contributed by atoms with Gasteiger partial charge in [0.1, 0.15) is 11.4 Å². The first-order valence-corrected chi connectivity index (χ1v) is 5.08. The van der Waals surface area contributed by atoms with Crippen LogP contribution in [0.3, 0.4) is 0 Å². The molecule has 0 spiro atoms. The third-order valence-electron chi connectivity index (χ3n) is 2.05. The van der Waals surface area contributed by atoms with Crippen LogP contribution in [0.15, 0.2) is 16.5 Å². The molecule has 0 amide bonds. The Morgan fingerprint density at radius 1 is 1.33 bits per heavy atom. The number of nitro benzene ring substituents is 1. The van der Waals surface area contributed by atoms with Gasteiger partial charge in [0.05, 0.1) is 11.0 Å². The van der Waals surface area contributed by atoms with Crippen LogP contribution >= 0.6 is 11.6 Å². The van der Waals surface area contributed by atoms with Crippen molar-refractivity contribution in [1.29, 1.82) is 0 Å². The number of benzene rings is 1. The fourth-order valence-corrected chi connectivity index (χ4v) is 1.38. The van der Waals surface area contributed by atoms with Gasteiger partial charge in [-0.25, -0.2) is 8.78 Å². The minimum Gasteiger partial charge on any atom is -0.419 e. The van der Waals surface area contributed by atoms with Crippen molar-refractivity contribution >= 4 is 17.3 Å². The van der Waals surface area contributed by atoms with Crippen molar-refractivity contribution in [3.63, 3.8) is 0 Å². The third-order valence-corrected chi connectivity index (χ3v) is 2.28. The summed E-state index contributed by atoms with van der Waals surface area (Å²) in [7, 11) is 0. The molecule has 0 N–H and O–H groups in total. The first kappa shape index (κ1) is 12.4. The molecule has 0 atom stereocenters. The van der Waals surface area contributed by atoms with Crippen molar-refractivity contribution in [3.05, 3.63) is 39.8 Å². The van der Waals surface area contributed by atoms with Crippen molar-refractivity contribution in [1.82, 2.24) is 10.2 Å². The van der Waals surface area contributed by atoms with Crippen molar-refractivity contribution < 1.29 is 18.1 Å². The van der Waals surface area contributed by atoms with Gasteiger partial charge in [-0.1, -0.05) is 0 Å². The molecule has 0 unspecified atom stereocenters. The fraction of sp³-hybridized carbons (Fsp3) is 0.111. The molecule has 1 heterocycles. The molecule has 0 aliphatic rings. The highest BCUT2D eigenvalue weighted by molar-refractivity contribution is 6.16. The molecule has 1 aromatic carbocycles. The molecule has 9 heteroatoms. The number of hydrogen-bond donors (Lipinski definition) is 0. The summed E-state index contributed by atoms with van der Waals surface area (Å²) in [6.07, 6.45) is 0. The Hall–Kier alpha value is -2.09. The SMILES string of the molecule is O=[N+]([O-])c1cc(F)c(F)cc1-c1nnc(CCl)o1. The lowest BCUT2D eigenvalue weighted by Gasteiger charge is -1.99. The second kappa shape index (κ2) is 4.65. The van der Waals surface area contributed by atoms with Crippen LogP contribution in [0, 0.1) is 21.7 Å². The van der Waals surface area contributed by atoms with Crippen LogP contribution in [0.2, 0.25) is 0 Å². The molecule has 94 valence electrons. The zero-order valence-electron chi connectivity index (χ0n) is 8.56. The largest absolute Gasteiger partial charge is 0.419 e. The molecular formula is C9H4ClF2N3O3. The van der Waals surface area contributed by atoms with Crippen LogP contribution in [0.4, 0.5) is 14.5 Å². The van der Waals surface area contributed by atoms with E-state index in [-0.39, 0.29) is 23.2 Å². The summed E-state index contributed by atoms with van der Waals surface area (Å²) in [5, 5.41) is 17.7. The minimum atomic E-state index is -1.33. The Balaban J connectivity index is 2.61. The average Bonchev–Trinajstić information content (AvgIpc) is 2.80. The molecule has 2 rings (SSSR count). The predicted octanol–water partition coefficient (Wildman–Crippen LogP) is 2.66. The summed E-state index contributed by atoms with van der Waals surface area (Å²) < 4.78 is 31.0. The standard InChI is InChI=1S/C9H4ClF2N3O3/c10-3-8-13-14-9(18-8)4-1-5(11)6(12)2-7(4)15(16)17/h1-2H,3H2. The topological polar surface area (TPSA) is 82.1 Å². The number of aromatic nitrogens is 2. The molecule has 2 aromatic rings. The Morgan fingerprint density at radius 2 is 2.00 bits per heavy atom. The van der Waals surface area contributed by atoms with Crippen molar-refractivity contribution in [2.75, 3.05) is 0 Å². The van der Waals surface area contributed by atoms with Gasteiger partial charge in [0.2, 0.25) is 5.89 Å². The second-order valence-corrected chi connectivity index (χ2v) is 3.44. The maximum atomic E-state index is 13.1. The number of nitrogens with zero attached hydrogens (tertiary/aromatic N) is 3. The molecule has 0 saturated carbocycles. The van der Waals surface area contributed by atoms with Crippen LogP contribution in [-0.4, -0.2) is 15.1 Å². The van der Waals surface area contributed by atoms with Gasteiger partial charge in [0, 0.05) is 0 Å². The third kappa shape index (κ3) is 2.14. The van der Waals surface area contributed by atoms with E-state index in [1.807, 2.05) is 0 Å². The van der Waals surface area contributed by atoms with Gasteiger partial charge in [-0.15, -0.1) is 21.8 Å². The molecule has 1 aromatic heterocycles. The number of nitro groups is 1. The summed E-state index contributed by atoms with van der Waals surface area (Å²) in [6, 6.07) is 1.08. The van der Waals surface area contributed by atoms with Gasteiger partial charge >= 0.3 is 0 Å². The zero-order chi connectivity index (χ0) is 13.3. The van der Waals surface area contributed by atoms with E-state index in [9.17, 15) is 18.9 Å². The van der Waals surface area contributed by atoms with Crippen LogP contribution < -0.4 is 0 Å². The van der Waals surface area contributed by atoms with E-state index in [4.69, 9.17) is 16.0 Å². The fourth-order valence-electron chi connectivity index (χ4n) is 1.28. The molecule has 6 nitrogen and oxygen atoms in total. The molecule has 0 saturated heterocycles. The Morgan fingerprint density at radius 3 is 2.56 bits per heavy atom. The Bertz CT molecular complexity index is 617. The van der Waals surface area contributed by atoms with Gasteiger partial charge in [0.25, 0.3) is 11.6 Å².